The lowest BCUT2D eigenvalue weighted by atomic mass is 10.2. The van der Waals surface area contributed by atoms with Crippen LogP contribution in [0.3, 0.4) is 0 Å². The molecule has 0 radical (unpaired) electrons. The number of carbonyl (C=O) groups excluding carboxylic acids is 1. The maximum Gasteiger partial charge on any atom is 0.295 e. The highest BCUT2D eigenvalue weighted by atomic mass is 35.5. The van der Waals surface area contributed by atoms with Crippen molar-refractivity contribution in [3.8, 4) is 17.1 Å². The van der Waals surface area contributed by atoms with E-state index in [1.165, 1.54) is 0 Å². The number of hydrogen-bond donors (Lipinski definition) is 1. The number of anilines is 1. The van der Waals surface area contributed by atoms with Crippen molar-refractivity contribution in [2.24, 2.45) is 0 Å². The number of benzene rings is 3. The van der Waals surface area contributed by atoms with Crippen LogP contribution < -0.4 is 5.32 Å². The highest BCUT2D eigenvalue weighted by Gasteiger charge is 2.19. The number of nitrogens with zero attached hydrogens (tertiary/aromatic N) is 3. The van der Waals surface area contributed by atoms with Gasteiger partial charge in [0.25, 0.3) is 5.91 Å². The average Bonchev–Trinajstić information content (AvgIpc) is 3.14. The minimum Gasteiger partial charge on any atom is -0.319 e. The van der Waals surface area contributed by atoms with Crippen molar-refractivity contribution in [3.63, 3.8) is 0 Å². The van der Waals surface area contributed by atoms with Gasteiger partial charge < -0.3 is 5.32 Å². The van der Waals surface area contributed by atoms with Gasteiger partial charge in [-0.1, -0.05) is 54.1 Å². The zero-order valence-corrected chi connectivity index (χ0v) is 15.9. The standard InChI is InChI=1S/C22H17ClN4O/c1-15-7-5-10-18(13-15)24-22(28)20-25-21(16-8-6-9-17(23)14-16)27(26-20)19-11-3-2-4-12-19/h2-14H,1H3,(H,24,28). The molecule has 0 saturated carbocycles. The fraction of sp³-hybridized carbons (Fsp3) is 0.0455. The first-order valence-corrected chi connectivity index (χ1v) is 9.14. The molecular weight excluding hydrogens is 372 g/mol. The predicted molar refractivity (Wildman–Crippen MR) is 111 cm³/mol. The van der Waals surface area contributed by atoms with E-state index >= 15 is 0 Å². The van der Waals surface area contributed by atoms with Crippen molar-refractivity contribution in [1.29, 1.82) is 0 Å². The van der Waals surface area contributed by atoms with Crippen LogP contribution in [0.1, 0.15) is 16.2 Å². The van der Waals surface area contributed by atoms with Crippen LogP contribution >= 0.6 is 11.6 Å². The number of hydrogen-bond acceptors (Lipinski definition) is 3. The second-order valence-corrected chi connectivity index (χ2v) is 6.78. The normalized spacial score (nSPS) is 10.6. The maximum atomic E-state index is 12.7. The zero-order chi connectivity index (χ0) is 19.5. The van der Waals surface area contributed by atoms with Crippen LogP contribution in [0, 0.1) is 6.92 Å². The van der Waals surface area contributed by atoms with E-state index in [2.05, 4.69) is 15.4 Å². The maximum absolute atomic E-state index is 12.7. The topological polar surface area (TPSA) is 59.8 Å². The van der Waals surface area contributed by atoms with E-state index in [4.69, 9.17) is 11.6 Å². The summed E-state index contributed by atoms with van der Waals surface area (Å²) in [6, 6.07) is 24.4. The molecule has 0 aliphatic carbocycles. The van der Waals surface area contributed by atoms with Gasteiger partial charge in [-0.25, -0.2) is 9.67 Å². The first-order valence-electron chi connectivity index (χ1n) is 8.76. The highest BCUT2D eigenvalue weighted by Crippen LogP contribution is 2.24. The van der Waals surface area contributed by atoms with Crippen LogP contribution in [0.5, 0.6) is 0 Å². The molecule has 0 atom stereocenters. The first-order chi connectivity index (χ1) is 13.6. The molecule has 0 unspecified atom stereocenters. The van der Waals surface area contributed by atoms with Crippen LogP contribution in [-0.4, -0.2) is 20.7 Å². The molecule has 1 amide bonds. The van der Waals surface area contributed by atoms with E-state index in [-0.39, 0.29) is 11.7 Å². The number of aromatic nitrogens is 3. The van der Waals surface area contributed by atoms with E-state index in [0.717, 1.165) is 16.8 Å². The third kappa shape index (κ3) is 3.80. The average molecular weight is 389 g/mol. The van der Waals surface area contributed by atoms with E-state index in [0.29, 0.717) is 16.5 Å². The Bertz CT molecular complexity index is 1140. The van der Waals surface area contributed by atoms with Gasteiger partial charge in [-0.15, -0.1) is 5.10 Å². The van der Waals surface area contributed by atoms with Crippen molar-refractivity contribution in [1.82, 2.24) is 14.8 Å². The minimum atomic E-state index is -0.372. The molecule has 0 bridgehead atoms. The van der Waals surface area contributed by atoms with Crippen molar-refractivity contribution in [3.05, 3.63) is 95.3 Å². The van der Waals surface area contributed by atoms with Gasteiger partial charge >= 0.3 is 0 Å². The van der Waals surface area contributed by atoms with Gasteiger partial charge in [0.15, 0.2) is 5.82 Å². The molecule has 4 rings (SSSR count). The second kappa shape index (κ2) is 7.66. The highest BCUT2D eigenvalue weighted by molar-refractivity contribution is 6.30. The SMILES string of the molecule is Cc1cccc(NC(=O)c2nc(-c3cccc(Cl)c3)n(-c3ccccc3)n2)c1. The fourth-order valence-electron chi connectivity index (χ4n) is 2.88. The summed E-state index contributed by atoms with van der Waals surface area (Å²) < 4.78 is 1.65. The summed E-state index contributed by atoms with van der Waals surface area (Å²) in [6.07, 6.45) is 0. The minimum absolute atomic E-state index is 0.0836. The van der Waals surface area contributed by atoms with Gasteiger partial charge in [-0.05, 0) is 48.9 Å². The molecule has 0 saturated heterocycles. The second-order valence-electron chi connectivity index (χ2n) is 6.34. The molecule has 0 aliphatic rings. The smallest absolute Gasteiger partial charge is 0.295 e. The number of nitrogens with one attached hydrogen (secondary N) is 1. The van der Waals surface area contributed by atoms with Crippen LogP contribution in [0.15, 0.2) is 78.9 Å². The third-order valence-electron chi connectivity index (χ3n) is 4.17. The Labute approximate surface area is 167 Å². The monoisotopic (exact) mass is 388 g/mol. The molecule has 1 aromatic heterocycles. The number of rotatable bonds is 4. The van der Waals surface area contributed by atoms with Gasteiger partial charge in [-0.2, -0.15) is 0 Å². The number of aryl methyl sites for hydroxylation is 1. The molecule has 4 aromatic rings. The lowest BCUT2D eigenvalue weighted by molar-refractivity contribution is 0.101. The summed E-state index contributed by atoms with van der Waals surface area (Å²) in [5.41, 5.74) is 3.34. The van der Waals surface area contributed by atoms with Gasteiger partial charge in [0.2, 0.25) is 5.82 Å². The number of para-hydroxylation sites is 1. The largest absolute Gasteiger partial charge is 0.319 e. The summed E-state index contributed by atoms with van der Waals surface area (Å²) >= 11 is 6.15. The summed E-state index contributed by atoms with van der Waals surface area (Å²) in [6.45, 7) is 1.97. The van der Waals surface area contributed by atoms with E-state index in [9.17, 15) is 4.79 Å². The summed E-state index contributed by atoms with van der Waals surface area (Å²) in [5.74, 6) is 0.256. The van der Waals surface area contributed by atoms with E-state index in [1.54, 1.807) is 16.8 Å². The molecule has 5 nitrogen and oxygen atoms in total. The Hall–Kier alpha value is -3.44. The molecule has 6 heteroatoms. The zero-order valence-electron chi connectivity index (χ0n) is 15.1. The fourth-order valence-corrected chi connectivity index (χ4v) is 3.07. The summed E-state index contributed by atoms with van der Waals surface area (Å²) in [4.78, 5) is 17.2. The number of carbonyl (C=O) groups is 1. The number of amides is 1. The van der Waals surface area contributed by atoms with Crippen molar-refractivity contribution >= 4 is 23.2 Å². The molecule has 3 aromatic carbocycles. The first kappa shape index (κ1) is 17.9. The molecule has 1 heterocycles. The molecule has 0 fully saturated rings. The van der Waals surface area contributed by atoms with Crippen LogP contribution in [-0.2, 0) is 0 Å². The molecule has 28 heavy (non-hydrogen) atoms. The Balaban J connectivity index is 1.76. The van der Waals surface area contributed by atoms with Gasteiger partial charge in [0.1, 0.15) is 0 Å². The quantitative estimate of drug-likeness (QED) is 0.526. The Morgan fingerprint density at radius 1 is 0.964 bits per heavy atom. The van der Waals surface area contributed by atoms with Crippen molar-refractivity contribution in [2.75, 3.05) is 5.32 Å². The Morgan fingerprint density at radius 3 is 2.50 bits per heavy atom. The number of halogens is 1. The lowest BCUT2D eigenvalue weighted by Gasteiger charge is -2.05. The van der Waals surface area contributed by atoms with Crippen LogP contribution in [0.25, 0.3) is 17.1 Å². The van der Waals surface area contributed by atoms with Crippen molar-refractivity contribution in [2.45, 2.75) is 6.92 Å². The van der Waals surface area contributed by atoms with Crippen LogP contribution in [0.4, 0.5) is 5.69 Å². The van der Waals surface area contributed by atoms with Crippen molar-refractivity contribution < 1.29 is 4.79 Å². The van der Waals surface area contributed by atoms with Gasteiger partial charge in [0, 0.05) is 16.3 Å². The van der Waals surface area contributed by atoms with Crippen LogP contribution in [0.2, 0.25) is 5.02 Å². The molecule has 0 aliphatic heterocycles. The molecule has 0 spiro atoms. The Morgan fingerprint density at radius 2 is 1.75 bits per heavy atom. The molecule has 138 valence electrons. The molecule has 1 N–H and O–H groups in total. The van der Waals surface area contributed by atoms with Gasteiger partial charge in [0.05, 0.1) is 5.69 Å². The Kier molecular flexibility index (Phi) is 4.91. The molecular formula is C22H17ClN4O. The summed E-state index contributed by atoms with van der Waals surface area (Å²) in [5, 5.41) is 7.89. The predicted octanol–water partition coefficient (Wildman–Crippen LogP) is 5.15. The van der Waals surface area contributed by atoms with E-state index in [1.807, 2.05) is 73.7 Å². The lowest BCUT2D eigenvalue weighted by Crippen LogP contribution is -2.14. The summed E-state index contributed by atoms with van der Waals surface area (Å²) in [7, 11) is 0. The third-order valence-corrected chi connectivity index (χ3v) is 4.40. The van der Waals surface area contributed by atoms with Gasteiger partial charge in [-0.3, -0.25) is 4.79 Å². The van der Waals surface area contributed by atoms with E-state index < -0.39 is 0 Å².